The van der Waals surface area contributed by atoms with Gasteiger partial charge in [0.05, 0.1) is 0 Å². The van der Waals surface area contributed by atoms with Gasteiger partial charge in [-0.05, 0) is 6.42 Å². The van der Waals surface area contributed by atoms with Gasteiger partial charge < -0.3 is 5.32 Å². The Hall–Kier alpha value is -1.85. The number of aromatic nitrogens is 2. The number of nitrogens with zero attached hydrogens (tertiary/aromatic N) is 1. The minimum atomic E-state index is -0.405. The van der Waals surface area contributed by atoms with Crippen molar-refractivity contribution in [2.75, 3.05) is 6.54 Å². The van der Waals surface area contributed by atoms with Gasteiger partial charge in [0.15, 0.2) is 0 Å². The van der Waals surface area contributed by atoms with E-state index in [1.54, 1.807) is 0 Å². The first-order valence-corrected chi connectivity index (χ1v) is 4.70. The van der Waals surface area contributed by atoms with Crippen LogP contribution in [-0.4, -0.2) is 22.2 Å². The van der Waals surface area contributed by atoms with E-state index in [9.17, 15) is 14.4 Å². The van der Waals surface area contributed by atoms with E-state index >= 15 is 0 Å². The zero-order chi connectivity index (χ0) is 11.3. The molecular weight excluding hydrogens is 198 g/mol. The number of aromatic amines is 1. The van der Waals surface area contributed by atoms with Gasteiger partial charge in [0.2, 0.25) is 5.91 Å². The molecular formula is C9H13N3O3. The van der Waals surface area contributed by atoms with E-state index in [1.807, 2.05) is 6.92 Å². The van der Waals surface area contributed by atoms with E-state index < -0.39 is 11.1 Å². The van der Waals surface area contributed by atoms with Crippen LogP contribution < -0.4 is 16.4 Å². The van der Waals surface area contributed by atoms with Gasteiger partial charge in [-0.25, -0.2) is 4.68 Å². The number of nitrogens with one attached hydrogen (secondary N) is 2. The molecule has 0 aliphatic carbocycles. The van der Waals surface area contributed by atoms with Gasteiger partial charge in [0.25, 0.3) is 11.1 Å². The first kappa shape index (κ1) is 11.2. The van der Waals surface area contributed by atoms with Crippen molar-refractivity contribution in [1.82, 2.24) is 15.1 Å². The molecule has 6 nitrogen and oxygen atoms in total. The maximum Gasteiger partial charge on any atom is 0.265 e. The minimum Gasteiger partial charge on any atom is -0.355 e. The maximum absolute atomic E-state index is 11.2. The third kappa shape index (κ3) is 3.41. The van der Waals surface area contributed by atoms with Gasteiger partial charge in [-0.1, -0.05) is 6.92 Å². The van der Waals surface area contributed by atoms with E-state index in [0.717, 1.165) is 23.2 Å². The monoisotopic (exact) mass is 211 g/mol. The highest BCUT2D eigenvalue weighted by molar-refractivity contribution is 5.75. The largest absolute Gasteiger partial charge is 0.355 e. The summed E-state index contributed by atoms with van der Waals surface area (Å²) in [5.74, 6) is -0.291. The molecule has 0 saturated carbocycles. The summed E-state index contributed by atoms with van der Waals surface area (Å²) in [6.45, 7) is 2.33. The minimum absolute atomic E-state index is 0.158. The van der Waals surface area contributed by atoms with Crippen LogP contribution in [0.15, 0.2) is 21.7 Å². The molecule has 2 N–H and O–H groups in total. The molecule has 0 spiro atoms. The number of rotatable bonds is 4. The van der Waals surface area contributed by atoms with Crippen molar-refractivity contribution in [2.24, 2.45) is 0 Å². The Kier molecular flexibility index (Phi) is 3.84. The summed E-state index contributed by atoms with van der Waals surface area (Å²) >= 11 is 0. The maximum atomic E-state index is 11.2. The Bertz CT molecular complexity index is 446. The third-order valence-electron chi connectivity index (χ3n) is 1.76. The first-order chi connectivity index (χ1) is 7.13. The van der Waals surface area contributed by atoms with Crippen molar-refractivity contribution in [1.29, 1.82) is 0 Å². The Balaban J connectivity index is 2.72. The molecule has 15 heavy (non-hydrogen) atoms. The van der Waals surface area contributed by atoms with Crippen LogP contribution in [0.5, 0.6) is 0 Å². The summed E-state index contributed by atoms with van der Waals surface area (Å²) in [5, 5.41) is 4.88. The standard InChI is InChI=1S/C9H13N3O3/c1-2-5-10-8(14)6-12-9(15)4-3-7(13)11-12/h3-4H,2,5-6H2,1H3,(H,10,14)(H,11,13). The van der Waals surface area contributed by atoms with Crippen LogP contribution in [-0.2, 0) is 11.3 Å². The van der Waals surface area contributed by atoms with Crippen molar-refractivity contribution in [3.63, 3.8) is 0 Å². The van der Waals surface area contributed by atoms with Crippen LogP contribution in [0.2, 0.25) is 0 Å². The summed E-state index contributed by atoms with van der Waals surface area (Å²) in [6.07, 6.45) is 0.825. The summed E-state index contributed by atoms with van der Waals surface area (Å²) in [4.78, 5) is 33.3. The molecule has 1 heterocycles. The van der Waals surface area contributed by atoms with Gasteiger partial charge in [-0.15, -0.1) is 0 Å². The lowest BCUT2D eigenvalue weighted by atomic mass is 10.4. The van der Waals surface area contributed by atoms with E-state index in [1.165, 1.54) is 0 Å². The summed E-state index contributed by atoms with van der Waals surface area (Å²) in [7, 11) is 0. The molecule has 6 heteroatoms. The van der Waals surface area contributed by atoms with Crippen LogP contribution in [0.4, 0.5) is 0 Å². The van der Waals surface area contributed by atoms with Gasteiger partial charge >= 0.3 is 0 Å². The van der Waals surface area contributed by atoms with Crippen molar-refractivity contribution in [3.05, 3.63) is 32.8 Å². The average molecular weight is 211 g/mol. The number of carbonyl (C=O) groups is 1. The Labute approximate surface area is 85.9 Å². The lowest BCUT2D eigenvalue weighted by Gasteiger charge is -2.05. The number of H-pyrrole nitrogens is 1. The lowest BCUT2D eigenvalue weighted by molar-refractivity contribution is -0.121. The molecule has 0 radical (unpaired) electrons. The Morgan fingerprint density at radius 3 is 2.87 bits per heavy atom. The van der Waals surface area contributed by atoms with Crippen LogP contribution in [0.1, 0.15) is 13.3 Å². The van der Waals surface area contributed by atoms with Crippen molar-refractivity contribution < 1.29 is 4.79 Å². The summed E-state index contributed by atoms with van der Waals surface area (Å²) in [6, 6.07) is 2.26. The molecule has 0 aliphatic rings. The molecule has 1 amide bonds. The number of hydrogen-bond acceptors (Lipinski definition) is 3. The molecule has 0 fully saturated rings. The lowest BCUT2D eigenvalue weighted by Crippen LogP contribution is -2.36. The van der Waals surface area contributed by atoms with Crippen molar-refractivity contribution in [3.8, 4) is 0 Å². The second-order valence-electron chi connectivity index (χ2n) is 3.08. The fraction of sp³-hybridized carbons (Fsp3) is 0.444. The zero-order valence-corrected chi connectivity index (χ0v) is 8.45. The number of amides is 1. The highest BCUT2D eigenvalue weighted by Gasteiger charge is 2.03. The molecule has 0 aliphatic heterocycles. The molecule has 0 atom stereocenters. The van der Waals surface area contributed by atoms with E-state index in [2.05, 4.69) is 10.4 Å². The van der Waals surface area contributed by atoms with E-state index in [-0.39, 0.29) is 12.5 Å². The van der Waals surface area contributed by atoms with E-state index in [4.69, 9.17) is 0 Å². The fourth-order valence-corrected chi connectivity index (χ4v) is 1.04. The van der Waals surface area contributed by atoms with Gasteiger partial charge in [-0.3, -0.25) is 19.5 Å². The second kappa shape index (κ2) is 5.14. The Morgan fingerprint density at radius 1 is 1.47 bits per heavy atom. The second-order valence-corrected chi connectivity index (χ2v) is 3.08. The highest BCUT2D eigenvalue weighted by atomic mass is 16.2. The smallest absolute Gasteiger partial charge is 0.265 e. The van der Waals surface area contributed by atoms with Gasteiger partial charge in [0.1, 0.15) is 6.54 Å². The average Bonchev–Trinajstić information content (AvgIpc) is 2.20. The fourth-order valence-electron chi connectivity index (χ4n) is 1.04. The van der Waals surface area contributed by atoms with Crippen LogP contribution >= 0.6 is 0 Å². The normalized spacial score (nSPS) is 9.93. The van der Waals surface area contributed by atoms with Crippen molar-refractivity contribution >= 4 is 5.91 Å². The summed E-state index contributed by atoms with van der Waals surface area (Å²) < 4.78 is 0.979. The van der Waals surface area contributed by atoms with Gasteiger partial charge in [-0.2, -0.15) is 0 Å². The molecule has 0 unspecified atom stereocenters. The van der Waals surface area contributed by atoms with E-state index in [0.29, 0.717) is 6.54 Å². The zero-order valence-electron chi connectivity index (χ0n) is 8.45. The SMILES string of the molecule is CCCNC(=O)Cn1[nH]c(=O)ccc1=O. The third-order valence-corrected chi connectivity index (χ3v) is 1.76. The Morgan fingerprint density at radius 2 is 2.20 bits per heavy atom. The first-order valence-electron chi connectivity index (χ1n) is 4.70. The summed E-state index contributed by atoms with van der Waals surface area (Å²) in [5.41, 5.74) is -0.806. The van der Waals surface area contributed by atoms with Crippen LogP contribution in [0.3, 0.4) is 0 Å². The molecule has 0 aromatic carbocycles. The molecule has 1 aromatic heterocycles. The quantitative estimate of drug-likeness (QED) is 0.674. The molecule has 0 saturated heterocycles. The predicted molar refractivity (Wildman–Crippen MR) is 54.6 cm³/mol. The topological polar surface area (TPSA) is 84.0 Å². The van der Waals surface area contributed by atoms with Gasteiger partial charge in [0, 0.05) is 18.7 Å². The molecule has 1 aromatic rings. The molecule has 0 bridgehead atoms. The van der Waals surface area contributed by atoms with Crippen molar-refractivity contribution in [2.45, 2.75) is 19.9 Å². The highest BCUT2D eigenvalue weighted by Crippen LogP contribution is 1.76. The number of hydrogen-bond donors (Lipinski definition) is 2. The molecule has 1 rings (SSSR count). The molecule has 82 valence electrons. The van der Waals surface area contributed by atoms with Crippen LogP contribution in [0.25, 0.3) is 0 Å². The predicted octanol–water partition coefficient (Wildman–Crippen LogP) is -0.937. The number of carbonyl (C=O) groups excluding carboxylic acids is 1. The van der Waals surface area contributed by atoms with Crippen LogP contribution in [0, 0.1) is 0 Å².